The molecule has 0 unspecified atom stereocenters. The molecule has 4 heterocycles. The van der Waals surface area contributed by atoms with Crippen LogP contribution in [0, 0.1) is 0 Å². The van der Waals surface area contributed by atoms with Crippen LogP contribution in [0.4, 0.5) is 0 Å². The summed E-state index contributed by atoms with van der Waals surface area (Å²) in [7, 11) is 1.00. The van der Waals surface area contributed by atoms with E-state index in [1.165, 1.54) is 89.8 Å². The molecule has 6 aromatic carbocycles. The number of fused-ring (bicyclic) bond motifs is 4. The summed E-state index contributed by atoms with van der Waals surface area (Å²) < 4.78 is 23.1. The molecule has 0 aliphatic carbocycles. The summed E-state index contributed by atoms with van der Waals surface area (Å²) in [5.74, 6) is 0. The van der Waals surface area contributed by atoms with Gasteiger partial charge in [0.2, 0.25) is 0 Å². The van der Waals surface area contributed by atoms with Gasteiger partial charge in [-0.3, -0.25) is 0 Å². The van der Waals surface area contributed by atoms with Gasteiger partial charge in [-0.25, -0.2) is 0 Å². The van der Waals surface area contributed by atoms with Gasteiger partial charge in [0.25, 0.3) is 0 Å². The van der Waals surface area contributed by atoms with Gasteiger partial charge in [0.15, 0.2) is 0 Å². The fourth-order valence-electron chi connectivity index (χ4n) is 9.37. The Morgan fingerprint density at radius 1 is 0.403 bits per heavy atom. The first kappa shape index (κ1) is 53.2. The molecule has 0 atom stereocenters. The van der Waals surface area contributed by atoms with Crippen molar-refractivity contribution in [3.63, 3.8) is 0 Å². The smallest absolute Gasteiger partial charge is 0.405 e. The SMILES string of the molecule is CC(C)(C)c1ccc2cc3ccc(C(C)(C)C)cc3c(-c3ccc(B4OC(C)(C)C(C)(C)O4)[nH]3)c2c1.CC(C)(C)c1ccc2cc3ccc(C(C)(C)C)cc3c(-c3ccc[nH]3)c2c1.CC1(C)O[B]OC1(C)C. The van der Waals surface area contributed by atoms with Gasteiger partial charge in [-0.2, -0.15) is 0 Å². The third kappa shape index (κ3) is 10.5. The van der Waals surface area contributed by atoms with Crippen LogP contribution in [0.3, 0.4) is 0 Å². The number of aromatic nitrogens is 2. The number of benzene rings is 6. The van der Waals surface area contributed by atoms with E-state index >= 15 is 0 Å². The molecule has 0 amide bonds. The maximum absolute atomic E-state index is 6.35. The molecule has 2 aliphatic heterocycles. The predicted molar refractivity (Wildman–Crippen MR) is 309 cm³/mol. The maximum Gasteiger partial charge on any atom is 0.512 e. The zero-order valence-electron chi connectivity index (χ0n) is 47.3. The summed E-state index contributed by atoms with van der Waals surface area (Å²) in [4.78, 5) is 7.15. The van der Waals surface area contributed by atoms with Gasteiger partial charge < -0.3 is 28.6 Å². The second kappa shape index (κ2) is 18.4. The third-order valence-electron chi connectivity index (χ3n) is 15.9. The summed E-state index contributed by atoms with van der Waals surface area (Å²) in [6.07, 6.45) is 2.02. The topological polar surface area (TPSA) is 68.5 Å². The summed E-state index contributed by atoms with van der Waals surface area (Å²) in [6, 6.07) is 40.9. The largest absolute Gasteiger partial charge is 0.512 e. The Labute approximate surface area is 432 Å². The third-order valence-corrected chi connectivity index (χ3v) is 15.9. The normalized spacial score (nSPS) is 17.5. The van der Waals surface area contributed by atoms with Gasteiger partial charge in [-0.05, 0) is 203 Å². The van der Waals surface area contributed by atoms with Crippen LogP contribution in [0.15, 0.2) is 115 Å². The molecule has 8 aromatic rings. The highest BCUT2D eigenvalue weighted by Crippen LogP contribution is 2.43. The molecule has 0 spiro atoms. The van der Waals surface area contributed by atoms with Crippen LogP contribution in [0.2, 0.25) is 0 Å². The maximum atomic E-state index is 6.35. The van der Waals surface area contributed by atoms with Crippen LogP contribution in [-0.4, -0.2) is 47.2 Å². The van der Waals surface area contributed by atoms with Crippen molar-refractivity contribution in [3.8, 4) is 22.5 Å². The highest BCUT2D eigenvalue weighted by Gasteiger charge is 2.52. The lowest BCUT2D eigenvalue weighted by Crippen LogP contribution is -2.41. The molecule has 0 bridgehead atoms. The van der Waals surface area contributed by atoms with Crippen LogP contribution >= 0.6 is 0 Å². The van der Waals surface area contributed by atoms with Crippen molar-refractivity contribution in [2.75, 3.05) is 0 Å². The number of H-pyrrole nitrogens is 2. The summed E-state index contributed by atoms with van der Waals surface area (Å²) in [5, 5.41) is 10.3. The number of hydrogen-bond donors (Lipinski definition) is 2. The van der Waals surface area contributed by atoms with Gasteiger partial charge >= 0.3 is 14.8 Å². The van der Waals surface area contributed by atoms with Crippen molar-refractivity contribution in [1.82, 2.24) is 9.97 Å². The van der Waals surface area contributed by atoms with Crippen LogP contribution in [0.1, 0.15) is 161 Å². The molecule has 2 fully saturated rings. The second-order valence-electron chi connectivity index (χ2n) is 26.6. The van der Waals surface area contributed by atoms with Crippen molar-refractivity contribution in [2.45, 2.75) is 183 Å². The van der Waals surface area contributed by atoms with Crippen LogP contribution in [-0.2, 0) is 40.3 Å². The molecule has 0 saturated carbocycles. The average Bonchev–Trinajstić information content (AvgIpc) is 4.07. The Morgan fingerprint density at radius 3 is 1.04 bits per heavy atom. The summed E-state index contributed by atoms with van der Waals surface area (Å²) in [5.41, 5.74) is 10.4. The minimum Gasteiger partial charge on any atom is -0.405 e. The number of rotatable bonds is 3. The van der Waals surface area contributed by atoms with Crippen molar-refractivity contribution < 1.29 is 18.6 Å². The Kier molecular flexibility index (Phi) is 13.6. The molecule has 2 saturated heterocycles. The molecule has 2 N–H and O–H groups in total. The van der Waals surface area contributed by atoms with E-state index in [0.717, 1.165) is 11.3 Å². The molecule has 1 radical (unpaired) electrons. The first-order chi connectivity index (χ1) is 33.2. The van der Waals surface area contributed by atoms with Gasteiger partial charge in [0.1, 0.15) is 0 Å². The molecule has 10 rings (SSSR count). The molecular weight excluding hydrogens is 882 g/mol. The molecule has 6 nitrogen and oxygen atoms in total. The fourth-order valence-corrected chi connectivity index (χ4v) is 9.37. The van der Waals surface area contributed by atoms with E-state index < -0.39 is 7.12 Å². The highest BCUT2D eigenvalue weighted by molar-refractivity contribution is 6.61. The van der Waals surface area contributed by atoms with E-state index in [1.807, 2.05) is 33.9 Å². The van der Waals surface area contributed by atoms with Crippen molar-refractivity contribution in [2.24, 2.45) is 0 Å². The first-order valence-electron chi connectivity index (χ1n) is 26.1. The van der Waals surface area contributed by atoms with Gasteiger partial charge in [0, 0.05) is 34.3 Å². The lowest BCUT2D eigenvalue weighted by molar-refractivity contribution is 0.00578. The van der Waals surface area contributed by atoms with Crippen LogP contribution in [0.25, 0.3) is 65.6 Å². The standard InChI is InChI=1S/C32H40BNO2.C26H29N.C6H12BO2/c1-29(2,3)22-13-11-20-17-21-12-14-23(30(4,5)6)19-25(21)28(24(20)18-22)26-15-16-27(34-26)33-35-31(7,8)32(9,10)36-33;1-25(2,3)19-11-9-17-14-18-10-12-20(26(4,5)6)16-22(18)24(21(17)15-19)23-8-7-13-27-23;1-5(2)6(3,4)9-7-8-5/h11-19,34H,1-10H3;7-16,27H,1-6H3;1-4H3. The molecule has 72 heavy (non-hydrogen) atoms. The van der Waals surface area contributed by atoms with Gasteiger partial charge in [0.05, 0.1) is 22.4 Å². The monoisotopic (exact) mass is 964 g/mol. The Balaban J connectivity index is 0.000000169. The number of aromatic amines is 2. The van der Waals surface area contributed by atoms with E-state index in [2.05, 4.69) is 230 Å². The molecule has 2 aliphatic rings. The zero-order chi connectivity index (χ0) is 52.8. The highest BCUT2D eigenvalue weighted by atomic mass is 16.7. The summed E-state index contributed by atoms with van der Waals surface area (Å²) >= 11 is 0. The van der Waals surface area contributed by atoms with Gasteiger partial charge in [-0.15, -0.1) is 0 Å². The number of hydrogen-bond acceptors (Lipinski definition) is 4. The number of nitrogens with one attached hydrogen (secondary N) is 2. The Bertz CT molecular complexity index is 3100. The van der Waals surface area contributed by atoms with Crippen LogP contribution < -0.4 is 5.59 Å². The lowest BCUT2D eigenvalue weighted by Gasteiger charge is -2.32. The second-order valence-corrected chi connectivity index (χ2v) is 26.6. The Morgan fingerprint density at radius 2 is 0.750 bits per heavy atom. The minimum atomic E-state index is -0.416. The van der Waals surface area contributed by atoms with E-state index in [9.17, 15) is 0 Å². The summed E-state index contributed by atoms with van der Waals surface area (Å²) in [6.45, 7) is 43.7. The molecule has 8 heteroatoms. The average molecular weight is 964 g/mol. The van der Waals surface area contributed by atoms with E-state index in [1.54, 1.807) is 0 Å². The van der Waals surface area contributed by atoms with E-state index in [0.29, 0.717) is 0 Å². The van der Waals surface area contributed by atoms with Crippen molar-refractivity contribution >= 4 is 63.5 Å². The van der Waals surface area contributed by atoms with Crippen molar-refractivity contribution in [3.05, 3.63) is 138 Å². The zero-order valence-corrected chi connectivity index (χ0v) is 47.3. The first-order valence-corrected chi connectivity index (χ1v) is 26.1. The lowest BCUT2D eigenvalue weighted by atomic mass is 9.82. The molecule has 2 aromatic heterocycles. The minimum absolute atomic E-state index is 0.0667. The van der Waals surface area contributed by atoms with Crippen LogP contribution in [0.5, 0.6) is 0 Å². The van der Waals surface area contributed by atoms with Crippen molar-refractivity contribution in [1.29, 1.82) is 0 Å². The fraction of sp³-hybridized carbons (Fsp3) is 0.438. The van der Waals surface area contributed by atoms with E-state index in [4.69, 9.17) is 18.6 Å². The van der Waals surface area contributed by atoms with E-state index in [-0.39, 0.29) is 44.1 Å². The quantitative estimate of drug-likeness (QED) is 0.137. The predicted octanol–water partition coefficient (Wildman–Crippen LogP) is 16.6. The van der Waals surface area contributed by atoms with Gasteiger partial charge in [-0.1, -0.05) is 132 Å². The molecule has 377 valence electrons. The molecular formula is C64H81B2N2O4. The Hall–Kier alpha value is -5.11.